The maximum atomic E-state index is 12.7. The van der Waals surface area contributed by atoms with Crippen LogP contribution in [0.25, 0.3) is 0 Å². The Hall–Kier alpha value is -2.34. The van der Waals surface area contributed by atoms with Crippen molar-refractivity contribution in [2.24, 2.45) is 0 Å². The van der Waals surface area contributed by atoms with Gasteiger partial charge in [-0.05, 0) is 68.5 Å². The van der Waals surface area contributed by atoms with Crippen molar-refractivity contribution in [3.63, 3.8) is 0 Å². The van der Waals surface area contributed by atoms with E-state index in [9.17, 15) is 13.2 Å². The summed E-state index contributed by atoms with van der Waals surface area (Å²) < 4.78 is 26.3. The number of sulfonamides is 1. The average Bonchev–Trinajstić information content (AvgIpc) is 2.59. The van der Waals surface area contributed by atoms with Crippen molar-refractivity contribution in [3.8, 4) is 0 Å². The molecule has 0 unspecified atom stereocenters. The Morgan fingerprint density at radius 2 is 1.81 bits per heavy atom. The fraction of sp³-hybridized carbons (Fsp3) is 0.350. The third kappa shape index (κ3) is 3.60. The maximum absolute atomic E-state index is 12.7. The molecule has 1 aliphatic rings. The van der Waals surface area contributed by atoms with E-state index >= 15 is 0 Å². The number of rotatable bonds is 3. The first kappa shape index (κ1) is 18.5. The number of anilines is 2. The van der Waals surface area contributed by atoms with Gasteiger partial charge in [-0.1, -0.05) is 18.2 Å². The SMILES string of the molecule is Cc1ccc(C(=O)Nc2cccc(C)c2C)cc1N1CCCCS1(=O)=O. The number of aryl methyl sites for hydroxylation is 2. The molecule has 1 aliphatic heterocycles. The predicted octanol–water partition coefficient (Wildman–Crippen LogP) is 3.79. The summed E-state index contributed by atoms with van der Waals surface area (Å²) in [6.45, 7) is 6.29. The number of nitrogens with one attached hydrogen (secondary N) is 1. The Bertz CT molecular complexity index is 952. The van der Waals surface area contributed by atoms with Gasteiger partial charge in [0.15, 0.2) is 0 Å². The van der Waals surface area contributed by atoms with Crippen LogP contribution >= 0.6 is 0 Å². The summed E-state index contributed by atoms with van der Waals surface area (Å²) in [5.41, 5.74) is 4.78. The number of carbonyl (C=O) groups excluding carboxylic acids is 1. The van der Waals surface area contributed by atoms with Gasteiger partial charge in [-0.25, -0.2) is 8.42 Å². The summed E-state index contributed by atoms with van der Waals surface area (Å²) in [6.07, 6.45) is 1.52. The van der Waals surface area contributed by atoms with E-state index in [1.54, 1.807) is 18.2 Å². The molecule has 0 bridgehead atoms. The summed E-state index contributed by atoms with van der Waals surface area (Å²) in [4.78, 5) is 12.7. The van der Waals surface area contributed by atoms with Crippen LogP contribution in [0, 0.1) is 20.8 Å². The molecule has 0 spiro atoms. The van der Waals surface area contributed by atoms with Crippen molar-refractivity contribution in [1.82, 2.24) is 0 Å². The van der Waals surface area contributed by atoms with Gasteiger partial charge in [0.1, 0.15) is 0 Å². The molecular weight excluding hydrogens is 348 g/mol. The number of hydrogen-bond acceptors (Lipinski definition) is 3. The lowest BCUT2D eigenvalue weighted by Gasteiger charge is -2.29. The number of carbonyl (C=O) groups is 1. The molecule has 0 radical (unpaired) electrons. The second-order valence-corrected chi connectivity index (χ2v) is 8.81. The first-order valence-electron chi connectivity index (χ1n) is 8.78. The van der Waals surface area contributed by atoms with E-state index in [0.717, 1.165) is 28.8 Å². The minimum Gasteiger partial charge on any atom is -0.322 e. The van der Waals surface area contributed by atoms with Crippen molar-refractivity contribution >= 4 is 27.3 Å². The van der Waals surface area contributed by atoms with Crippen LogP contribution < -0.4 is 9.62 Å². The van der Waals surface area contributed by atoms with E-state index in [1.807, 2.05) is 39.0 Å². The lowest BCUT2D eigenvalue weighted by atomic mass is 10.1. The number of hydrogen-bond donors (Lipinski definition) is 1. The van der Waals surface area contributed by atoms with Gasteiger partial charge >= 0.3 is 0 Å². The third-order valence-corrected chi connectivity index (χ3v) is 6.80. The Morgan fingerprint density at radius 3 is 2.54 bits per heavy atom. The summed E-state index contributed by atoms with van der Waals surface area (Å²) in [5.74, 6) is -0.0832. The van der Waals surface area contributed by atoms with Crippen molar-refractivity contribution in [3.05, 3.63) is 58.7 Å². The molecule has 2 aromatic rings. The lowest BCUT2D eigenvalue weighted by molar-refractivity contribution is 0.102. The maximum Gasteiger partial charge on any atom is 0.255 e. The second kappa shape index (κ2) is 7.11. The smallest absolute Gasteiger partial charge is 0.255 e. The molecule has 26 heavy (non-hydrogen) atoms. The van der Waals surface area contributed by atoms with Gasteiger partial charge in [-0.3, -0.25) is 9.10 Å². The Labute approximate surface area is 155 Å². The number of nitrogens with zero attached hydrogens (tertiary/aromatic N) is 1. The van der Waals surface area contributed by atoms with Crippen LogP contribution in [-0.2, 0) is 10.0 Å². The van der Waals surface area contributed by atoms with Gasteiger partial charge in [-0.15, -0.1) is 0 Å². The molecule has 138 valence electrons. The molecule has 0 atom stereocenters. The zero-order chi connectivity index (χ0) is 18.9. The van der Waals surface area contributed by atoms with Gasteiger partial charge in [-0.2, -0.15) is 0 Å². The minimum absolute atomic E-state index is 0.158. The van der Waals surface area contributed by atoms with Crippen LogP contribution in [-0.4, -0.2) is 26.6 Å². The lowest BCUT2D eigenvalue weighted by Crippen LogP contribution is -2.38. The molecule has 1 amide bonds. The first-order chi connectivity index (χ1) is 12.3. The van der Waals surface area contributed by atoms with Gasteiger partial charge in [0, 0.05) is 17.8 Å². The molecular formula is C20H24N2O3S. The van der Waals surface area contributed by atoms with Crippen LogP contribution in [0.1, 0.15) is 39.9 Å². The Kier molecular flexibility index (Phi) is 5.05. The minimum atomic E-state index is -3.31. The second-order valence-electron chi connectivity index (χ2n) is 6.80. The molecule has 1 heterocycles. The van der Waals surface area contributed by atoms with Gasteiger partial charge in [0.2, 0.25) is 10.0 Å². The standard InChI is InChI=1S/C20H24N2O3S/c1-14-7-6-8-18(16(14)3)21-20(23)17-10-9-15(2)19(13-17)22-11-4-5-12-26(22,24)25/h6-10,13H,4-5,11-12H2,1-3H3,(H,21,23). The summed E-state index contributed by atoms with van der Waals surface area (Å²) in [6, 6.07) is 11.0. The topological polar surface area (TPSA) is 66.5 Å². The van der Waals surface area contributed by atoms with Crippen LogP contribution in [0.4, 0.5) is 11.4 Å². The molecule has 0 saturated carbocycles. The highest BCUT2D eigenvalue weighted by Gasteiger charge is 2.27. The molecule has 2 aromatic carbocycles. The monoisotopic (exact) mass is 372 g/mol. The van der Waals surface area contributed by atoms with Crippen LogP contribution in [0.2, 0.25) is 0 Å². The molecule has 1 N–H and O–H groups in total. The summed E-state index contributed by atoms with van der Waals surface area (Å²) >= 11 is 0. The fourth-order valence-electron chi connectivity index (χ4n) is 3.16. The molecule has 3 rings (SSSR count). The van der Waals surface area contributed by atoms with E-state index in [4.69, 9.17) is 0 Å². The summed E-state index contributed by atoms with van der Waals surface area (Å²) in [7, 11) is -3.31. The largest absolute Gasteiger partial charge is 0.322 e. The molecule has 0 aliphatic carbocycles. The van der Waals surface area contributed by atoms with E-state index < -0.39 is 10.0 Å². The van der Waals surface area contributed by atoms with Crippen LogP contribution in [0.3, 0.4) is 0 Å². The van der Waals surface area contributed by atoms with E-state index in [2.05, 4.69) is 5.32 Å². The van der Waals surface area contributed by atoms with Crippen molar-refractivity contribution in [2.45, 2.75) is 33.6 Å². The molecule has 1 fully saturated rings. The third-order valence-electron chi connectivity index (χ3n) is 4.94. The molecule has 5 nitrogen and oxygen atoms in total. The van der Waals surface area contributed by atoms with E-state index in [-0.39, 0.29) is 11.7 Å². The van der Waals surface area contributed by atoms with Crippen LogP contribution in [0.15, 0.2) is 36.4 Å². The van der Waals surface area contributed by atoms with Crippen molar-refractivity contribution in [1.29, 1.82) is 0 Å². The Morgan fingerprint density at radius 1 is 1.04 bits per heavy atom. The summed E-state index contributed by atoms with van der Waals surface area (Å²) in [5, 5.41) is 2.93. The molecule has 0 aromatic heterocycles. The van der Waals surface area contributed by atoms with Gasteiger partial charge in [0.05, 0.1) is 11.4 Å². The predicted molar refractivity (Wildman–Crippen MR) is 105 cm³/mol. The van der Waals surface area contributed by atoms with E-state index in [0.29, 0.717) is 24.2 Å². The first-order valence-corrected chi connectivity index (χ1v) is 10.4. The average molecular weight is 372 g/mol. The van der Waals surface area contributed by atoms with Crippen LogP contribution in [0.5, 0.6) is 0 Å². The quantitative estimate of drug-likeness (QED) is 0.891. The number of amides is 1. The highest BCUT2D eigenvalue weighted by atomic mass is 32.2. The van der Waals surface area contributed by atoms with Gasteiger partial charge in [0.25, 0.3) is 5.91 Å². The zero-order valence-corrected chi connectivity index (χ0v) is 16.2. The van der Waals surface area contributed by atoms with Gasteiger partial charge < -0.3 is 5.32 Å². The van der Waals surface area contributed by atoms with Crippen molar-refractivity contribution in [2.75, 3.05) is 21.9 Å². The molecule has 6 heteroatoms. The number of benzene rings is 2. The fourth-order valence-corrected chi connectivity index (χ4v) is 4.85. The normalized spacial score (nSPS) is 16.3. The molecule has 1 saturated heterocycles. The Balaban J connectivity index is 1.92. The van der Waals surface area contributed by atoms with E-state index in [1.165, 1.54) is 4.31 Å². The highest BCUT2D eigenvalue weighted by Crippen LogP contribution is 2.28. The zero-order valence-electron chi connectivity index (χ0n) is 15.4. The van der Waals surface area contributed by atoms with Crippen molar-refractivity contribution < 1.29 is 13.2 Å². The highest BCUT2D eigenvalue weighted by molar-refractivity contribution is 7.92.